The Morgan fingerprint density at radius 2 is 1.82 bits per heavy atom. The highest BCUT2D eigenvalue weighted by Crippen LogP contribution is 2.44. The normalized spacial score (nSPS) is 17.1. The van der Waals surface area contributed by atoms with Crippen molar-refractivity contribution in [2.75, 3.05) is 12.0 Å². The number of amides is 1. The summed E-state index contributed by atoms with van der Waals surface area (Å²) >= 11 is 0. The van der Waals surface area contributed by atoms with Gasteiger partial charge < -0.3 is 14.9 Å². The number of aromatic hydroxyl groups is 1. The van der Waals surface area contributed by atoms with Gasteiger partial charge in [-0.05, 0) is 42.0 Å². The summed E-state index contributed by atoms with van der Waals surface area (Å²) in [5.41, 5.74) is -0.800. The molecule has 2 N–H and O–H groups in total. The Morgan fingerprint density at radius 3 is 2.50 bits per heavy atom. The minimum atomic E-state index is -1.34. The SMILES string of the molecule is COc1cccc(/C(O)=C2/C(=O)C(=O)N(c3cccc(F)c3)C2c2ccc(O)c([N+](=O)[O-])c2)c1. The zero-order valence-corrected chi connectivity index (χ0v) is 17.6. The molecule has 1 aliphatic rings. The number of hydrogen-bond donors (Lipinski definition) is 2. The second-order valence-electron chi connectivity index (χ2n) is 7.39. The summed E-state index contributed by atoms with van der Waals surface area (Å²) in [4.78, 5) is 37.7. The van der Waals surface area contributed by atoms with E-state index in [1.54, 1.807) is 12.1 Å². The van der Waals surface area contributed by atoms with Crippen LogP contribution in [0.25, 0.3) is 5.76 Å². The van der Waals surface area contributed by atoms with E-state index in [4.69, 9.17) is 4.74 Å². The number of aliphatic hydroxyl groups excluding tert-OH is 1. The fourth-order valence-electron chi connectivity index (χ4n) is 3.82. The molecule has 1 atom stereocenters. The molecule has 0 saturated carbocycles. The number of nitrogens with zero attached hydrogens (tertiary/aromatic N) is 2. The molecule has 10 heteroatoms. The lowest BCUT2D eigenvalue weighted by molar-refractivity contribution is -0.385. The predicted molar refractivity (Wildman–Crippen MR) is 119 cm³/mol. The van der Waals surface area contributed by atoms with Crippen LogP contribution in [-0.2, 0) is 9.59 Å². The maximum Gasteiger partial charge on any atom is 0.311 e. The second kappa shape index (κ2) is 8.66. The van der Waals surface area contributed by atoms with E-state index in [-0.39, 0.29) is 22.4 Å². The molecular weight excluding hydrogens is 447 g/mol. The lowest BCUT2D eigenvalue weighted by Crippen LogP contribution is -2.29. The van der Waals surface area contributed by atoms with Crippen molar-refractivity contribution in [1.82, 2.24) is 0 Å². The van der Waals surface area contributed by atoms with Gasteiger partial charge in [0.25, 0.3) is 11.7 Å². The third-order valence-electron chi connectivity index (χ3n) is 5.39. The number of ether oxygens (including phenoxy) is 1. The molecule has 0 spiro atoms. The quantitative estimate of drug-likeness (QED) is 0.191. The van der Waals surface area contributed by atoms with Gasteiger partial charge in [-0.25, -0.2) is 4.39 Å². The maximum atomic E-state index is 14.0. The van der Waals surface area contributed by atoms with Crippen molar-refractivity contribution < 1.29 is 33.9 Å². The number of benzene rings is 3. The van der Waals surface area contributed by atoms with Crippen LogP contribution in [0.2, 0.25) is 0 Å². The Balaban J connectivity index is 2.00. The van der Waals surface area contributed by atoms with Crippen LogP contribution in [0.1, 0.15) is 17.2 Å². The molecule has 4 rings (SSSR count). The molecule has 0 aliphatic carbocycles. The number of hydrogen-bond acceptors (Lipinski definition) is 7. The van der Waals surface area contributed by atoms with Crippen molar-refractivity contribution in [3.63, 3.8) is 0 Å². The van der Waals surface area contributed by atoms with Gasteiger partial charge in [-0.1, -0.05) is 24.3 Å². The first-order chi connectivity index (χ1) is 16.2. The van der Waals surface area contributed by atoms with Gasteiger partial charge in [0.2, 0.25) is 0 Å². The highest BCUT2D eigenvalue weighted by Gasteiger charge is 2.47. The Morgan fingerprint density at radius 1 is 1.09 bits per heavy atom. The molecule has 1 saturated heterocycles. The van der Waals surface area contributed by atoms with Gasteiger partial charge in [0, 0.05) is 17.3 Å². The van der Waals surface area contributed by atoms with Gasteiger partial charge in [-0.3, -0.25) is 24.6 Å². The van der Waals surface area contributed by atoms with E-state index >= 15 is 0 Å². The highest BCUT2D eigenvalue weighted by molar-refractivity contribution is 6.51. The summed E-state index contributed by atoms with van der Waals surface area (Å²) in [6.07, 6.45) is 0. The standard InChI is InChI=1S/C24H17FN2O7/c1-34-17-7-2-4-14(10-17)22(29)20-21(13-8-9-19(28)18(11-13)27(32)33)26(24(31)23(20)30)16-6-3-5-15(25)12-16/h2-12,21,28-29H,1H3/b22-20-. The number of carbonyl (C=O) groups excluding carboxylic acids is 2. The zero-order chi connectivity index (χ0) is 24.6. The number of phenolic OH excluding ortho intramolecular Hbond substituents is 1. The monoisotopic (exact) mass is 464 g/mol. The van der Waals surface area contributed by atoms with Crippen molar-refractivity contribution in [2.45, 2.75) is 6.04 Å². The molecule has 1 aliphatic heterocycles. The number of ketones is 1. The molecule has 172 valence electrons. The largest absolute Gasteiger partial charge is 0.507 e. The Kier molecular flexibility index (Phi) is 5.72. The summed E-state index contributed by atoms with van der Waals surface area (Å²) in [6, 6.07) is 13.0. The van der Waals surface area contributed by atoms with Gasteiger partial charge in [0.05, 0.1) is 23.6 Å². The number of rotatable bonds is 5. The summed E-state index contributed by atoms with van der Waals surface area (Å²) in [6.45, 7) is 0. The first-order valence-corrected chi connectivity index (χ1v) is 9.91. The topological polar surface area (TPSA) is 130 Å². The van der Waals surface area contributed by atoms with E-state index in [9.17, 15) is 34.3 Å². The number of Topliss-reactive ketones (excluding diaryl/α,β-unsaturated/α-hetero) is 1. The molecule has 1 fully saturated rings. The van der Waals surface area contributed by atoms with Crippen molar-refractivity contribution in [3.05, 3.63) is 99.4 Å². The number of nitro benzene ring substituents is 1. The minimum Gasteiger partial charge on any atom is -0.507 e. The number of halogens is 1. The van der Waals surface area contributed by atoms with Crippen LogP contribution in [-0.4, -0.2) is 33.9 Å². The number of aliphatic hydroxyl groups is 1. The number of methoxy groups -OCH3 is 1. The lowest BCUT2D eigenvalue weighted by atomic mass is 9.94. The van der Waals surface area contributed by atoms with Gasteiger partial charge >= 0.3 is 5.69 Å². The molecule has 0 radical (unpaired) electrons. The Labute approximate surface area is 192 Å². The number of phenols is 1. The van der Waals surface area contributed by atoms with E-state index in [1.165, 1.54) is 37.4 Å². The van der Waals surface area contributed by atoms with Crippen LogP contribution in [0.5, 0.6) is 11.5 Å². The lowest BCUT2D eigenvalue weighted by Gasteiger charge is -2.25. The van der Waals surface area contributed by atoms with Crippen LogP contribution in [0.15, 0.2) is 72.3 Å². The van der Waals surface area contributed by atoms with Crippen LogP contribution < -0.4 is 9.64 Å². The third kappa shape index (κ3) is 3.81. The average molecular weight is 464 g/mol. The van der Waals surface area contributed by atoms with Crippen molar-refractivity contribution in [1.29, 1.82) is 0 Å². The van der Waals surface area contributed by atoms with E-state index in [2.05, 4.69) is 0 Å². The third-order valence-corrected chi connectivity index (χ3v) is 5.39. The average Bonchev–Trinajstić information content (AvgIpc) is 3.09. The van der Waals surface area contributed by atoms with Crippen LogP contribution in [0.4, 0.5) is 15.8 Å². The predicted octanol–water partition coefficient (Wildman–Crippen LogP) is 4.07. The van der Waals surface area contributed by atoms with E-state index < -0.39 is 45.7 Å². The Hall–Kier alpha value is -4.73. The summed E-state index contributed by atoms with van der Waals surface area (Å²) in [5, 5.41) is 32.3. The summed E-state index contributed by atoms with van der Waals surface area (Å²) in [7, 11) is 1.41. The Bertz CT molecular complexity index is 1370. The smallest absolute Gasteiger partial charge is 0.311 e. The summed E-state index contributed by atoms with van der Waals surface area (Å²) in [5.74, 6) is -3.59. The molecule has 3 aromatic carbocycles. The zero-order valence-electron chi connectivity index (χ0n) is 17.6. The fourth-order valence-corrected chi connectivity index (χ4v) is 3.82. The maximum absolute atomic E-state index is 14.0. The molecule has 0 bridgehead atoms. The minimum absolute atomic E-state index is 0.00696. The van der Waals surface area contributed by atoms with E-state index in [1.807, 2.05) is 0 Å². The molecule has 34 heavy (non-hydrogen) atoms. The second-order valence-corrected chi connectivity index (χ2v) is 7.39. The first kappa shape index (κ1) is 22.5. The van der Waals surface area contributed by atoms with Crippen molar-refractivity contribution in [3.8, 4) is 11.5 Å². The van der Waals surface area contributed by atoms with Crippen LogP contribution in [0.3, 0.4) is 0 Å². The number of carbonyl (C=O) groups is 2. The fraction of sp³-hybridized carbons (Fsp3) is 0.0833. The number of nitro groups is 1. The highest BCUT2D eigenvalue weighted by atomic mass is 19.1. The van der Waals surface area contributed by atoms with Crippen molar-refractivity contribution in [2.24, 2.45) is 0 Å². The number of anilines is 1. The first-order valence-electron chi connectivity index (χ1n) is 9.91. The molecular formula is C24H17FN2O7. The molecule has 9 nitrogen and oxygen atoms in total. The van der Waals surface area contributed by atoms with Gasteiger partial charge in [-0.15, -0.1) is 0 Å². The molecule has 0 aromatic heterocycles. The summed E-state index contributed by atoms with van der Waals surface area (Å²) < 4.78 is 19.1. The molecule has 1 unspecified atom stereocenters. The van der Waals surface area contributed by atoms with E-state index in [0.717, 1.165) is 29.2 Å². The van der Waals surface area contributed by atoms with Gasteiger partial charge in [0.1, 0.15) is 17.3 Å². The van der Waals surface area contributed by atoms with Crippen LogP contribution in [0, 0.1) is 15.9 Å². The van der Waals surface area contributed by atoms with Crippen molar-refractivity contribution >= 4 is 28.8 Å². The molecule has 1 heterocycles. The molecule has 3 aromatic rings. The van der Waals surface area contributed by atoms with Crippen LogP contribution >= 0.6 is 0 Å². The molecule has 1 amide bonds. The van der Waals surface area contributed by atoms with Gasteiger partial charge in [0.15, 0.2) is 5.75 Å². The van der Waals surface area contributed by atoms with E-state index in [0.29, 0.717) is 5.75 Å². The van der Waals surface area contributed by atoms with Gasteiger partial charge in [-0.2, -0.15) is 0 Å².